The highest BCUT2D eigenvalue weighted by Crippen LogP contribution is 2.33. The molecule has 0 spiro atoms. The third-order valence-corrected chi connectivity index (χ3v) is 6.81. The normalized spacial score (nSPS) is 15.3. The van der Waals surface area contributed by atoms with E-state index in [0.29, 0.717) is 0 Å². The molecule has 1 fully saturated rings. The van der Waals surface area contributed by atoms with Gasteiger partial charge in [0.05, 0.1) is 11.1 Å². The van der Waals surface area contributed by atoms with Crippen molar-refractivity contribution in [2.75, 3.05) is 30.7 Å². The van der Waals surface area contributed by atoms with Gasteiger partial charge in [0.15, 0.2) is 0 Å². The second-order valence-corrected chi connectivity index (χ2v) is 10.1. The second kappa shape index (κ2) is 8.12. The van der Waals surface area contributed by atoms with E-state index in [1.807, 2.05) is 12.1 Å². The monoisotopic (exact) mass is 410 g/mol. The van der Waals surface area contributed by atoms with Crippen molar-refractivity contribution in [3.63, 3.8) is 0 Å². The fourth-order valence-electron chi connectivity index (χ4n) is 3.08. The predicted octanol–water partition coefficient (Wildman–Crippen LogP) is 2.41. The van der Waals surface area contributed by atoms with Crippen molar-refractivity contribution in [2.45, 2.75) is 17.7 Å². The number of hydrogen-bond donors (Lipinski definition) is 3. The molecule has 0 saturated carbocycles. The zero-order chi connectivity index (χ0) is 19.5. The lowest BCUT2D eigenvalue weighted by Gasteiger charge is -2.17. The Kier molecular flexibility index (Phi) is 6.03. The van der Waals surface area contributed by atoms with E-state index in [9.17, 15) is 13.0 Å². The van der Waals surface area contributed by atoms with Gasteiger partial charge in [0.1, 0.15) is 0 Å². The lowest BCUT2D eigenvalue weighted by Crippen LogP contribution is -2.26. The van der Waals surface area contributed by atoms with Crippen LogP contribution in [0.2, 0.25) is 0 Å². The van der Waals surface area contributed by atoms with Gasteiger partial charge in [-0.25, -0.2) is 13.1 Å². The number of hydrogen-bond acceptors (Lipinski definition) is 4. The minimum Gasteiger partial charge on any atom is -0.372 e. The van der Waals surface area contributed by atoms with Crippen molar-refractivity contribution in [2.24, 2.45) is 0 Å². The van der Waals surface area contributed by atoms with Crippen LogP contribution in [0.25, 0.3) is 11.1 Å². The van der Waals surface area contributed by atoms with E-state index in [-0.39, 0.29) is 11.4 Å². The van der Waals surface area contributed by atoms with Crippen molar-refractivity contribution in [1.29, 1.82) is 0 Å². The molecule has 27 heavy (non-hydrogen) atoms. The molecular weight excluding hydrogens is 387 g/mol. The first kappa shape index (κ1) is 20.0. The minimum atomic E-state index is -4.23. The summed E-state index contributed by atoms with van der Waals surface area (Å²) in [4.78, 5) is 20.0. The molecule has 2 aromatic carbocycles. The van der Waals surface area contributed by atoms with E-state index in [1.54, 1.807) is 12.1 Å². The van der Waals surface area contributed by atoms with E-state index < -0.39 is 23.8 Å². The predicted molar refractivity (Wildman–Crippen MR) is 105 cm³/mol. The van der Waals surface area contributed by atoms with Crippen molar-refractivity contribution in [1.82, 2.24) is 4.72 Å². The lowest BCUT2D eigenvalue weighted by atomic mass is 10.1. The quantitative estimate of drug-likeness (QED) is 0.605. The van der Waals surface area contributed by atoms with Gasteiger partial charge < -0.3 is 14.7 Å². The highest BCUT2D eigenvalue weighted by Gasteiger charge is 2.18. The maximum atomic E-state index is 12.2. The Bertz CT molecular complexity index is 917. The van der Waals surface area contributed by atoms with E-state index >= 15 is 0 Å². The van der Waals surface area contributed by atoms with Crippen LogP contribution < -0.4 is 9.62 Å². The summed E-state index contributed by atoms with van der Waals surface area (Å²) in [5.74, 6) is 0. The maximum absolute atomic E-state index is 12.2. The minimum absolute atomic E-state index is 0.0608. The second-order valence-electron chi connectivity index (χ2n) is 6.55. The molecule has 1 aliphatic rings. The molecule has 1 saturated heterocycles. The molecule has 0 amide bonds. The van der Waals surface area contributed by atoms with Gasteiger partial charge >= 0.3 is 7.60 Å². The zero-order valence-corrected chi connectivity index (χ0v) is 16.5. The first-order valence-corrected chi connectivity index (χ1v) is 12.0. The van der Waals surface area contributed by atoms with Gasteiger partial charge in [-0.15, -0.1) is 0 Å². The van der Waals surface area contributed by atoms with Crippen molar-refractivity contribution >= 4 is 23.3 Å². The molecule has 0 aliphatic carbocycles. The van der Waals surface area contributed by atoms with Crippen LogP contribution in [0.3, 0.4) is 0 Å². The van der Waals surface area contributed by atoms with Crippen molar-refractivity contribution in [3.05, 3.63) is 48.5 Å². The Balaban J connectivity index is 1.68. The number of anilines is 1. The maximum Gasteiger partial charge on any atom is 0.326 e. The molecule has 3 N–H and O–H groups in total. The van der Waals surface area contributed by atoms with Gasteiger partial charge in [-0.3, -0.25) is 4.57 Å². The molecule has 9 heteroatoms. The Morgan fingerprint density at radius 2 is 1.44 bits per heavy atom. The molecule has 0 bridgehead atoms. The van der Waals surface area contributed by atoms with E-state index in [4.69, 9.17) is 9.79 Å². The third kappa shape index (κ3) is 5.40. The summed E-state index contributed by atoms with van der Waals surface area (Å²) < 4.78 is 37.4. The summed E-state index contributed by atoms with van der Waals surface area (Å²) in [6, 6.07) is 14.6. The van der Waals surface area contributed by atoms with Gasteiger partial charge in [-0.1, -0.05) is 24.3 Å². The highest BCUT2D eigenvalue weighted by atomic mass is 32.2. The Hall–Kier alpha value is -1.70. The number of nitrogens with zero attached hydrogens (tertiary/aromatic N) is 1. The summed E-state index contributed by atoms with van der Waals surface area (Å²) >= 11 is 0. The topological polar surface area (TPSA) is 107 Å². The smallest absolute Gasteiger partial charge is 0.326 e. The molecule has 0 unspecified atom stereocenters. The summed E-state index contributed by atoms with van der Waals surface area (Å²) in [6.07, 6.45) is 1.91. The zero-order valence-electron chi connectivity index (χ0n) is 14.8. The van der Waals surface area contributed by atoms with Crippen LogP contribution in [-0.2, 0) is 14.6 Å². The molecule has 7 nitrogen and oxygen atoms in total. The van der Waals surface area contributed by atoms with Crippen LogP contribution in [0.1, 0.15) is 12.8 Å². The van der Waals surface area contributed by atoms with Gasteiger partial charge in [0.25, 0.3) is 0 Å². The fourth-order valence-corrected chi connectivity index (χ4v) is 4.66. The van der Waals surface area contributed by atoms with Crippen molar-refractivity contribution < 1.29 is 22.8 Å². The standard InChI is InChI=1S/C18H23N2O5PS/c21-26(22,23)14-11-19-27(24,25)18-9-5-16(6-10-18)15-3-7-17(8-4-15)20-12-1-2-13-20/h3-10,19H,1-2,11-14H2,(H2,21,22,23). The molecule has 3 rings (SSSR count). The average Bonchev–Trinajstić information content (AvgIpc) is 3.15. The van der Waals surface area contributed by atoms with Crippen LogP contribution >= 0.6 is 7.60 Å². The van der Waals surface area contributed by atoms with Gasteiger partial charge in [0.2, 0.25) is 10.0 Å². The number of benzene rings is 2. The summed E-state index contributed by atoms with van der Waals surface area (Å²) in [5.41, 5.74) is 3.10. The lowest BCUT2D eigenvalue weighted by molar-refractivity contribution is 0.373. The van der Waals surface area contributed by atoms with E-state index in [2.05, 4.69) is 21.8 Å². The first-order valence-electron chi connectivity index (χ1n) is 8.74. The number of sulfonamides is 1. The Morgan fingerprint density at radius 3 is 1.96 bits per heavy atom. The summed E-state index contributed by atoms with van der Waals surface area (Å²) in [5, 5.41) is 0. The van der Waals surface area contributed by atoms with Crippen LogP contribution in [0, 0.1) is 0 Å². The Labute approximate surface area is 159 Å². The average molecular weight is 410 g/mol. The molecule has 146 valence electrons. The molecule has 0 radical (unpaired) electrons. The van der Waals surface area contributed by atoms with Crippen LogP contribution in [0.15, 0.2) is 53.4 Å². The molecule has 1 heterocycles. The van der Waals surface area contributed by atoms with Gasteiger partial charge in [-0.05, 0) is 48.2 Å². The summed E-state index contributed by atoms with van der Waals surface area (Å²) in [6.45, 7) is 1.86. The molecule has 1 aliphatic heterocycles. The fraction of sp³-hybridized carbons (Fsp3) is 0.333. The summed E-state index contributed by atoms with van der Waals surface area (Å²) in [7, 11) is -8.03. The van der Waals surface area contributed by atoms with E-state index in [0.717, 1.165) is 24.2 Å². The third-order valence-electron chi connectivity index (χ3n) is 4.53. The highest BCUT2D eigenvalue weighted by molar-refractivity contribution is 7.89. The SMILES string of the molecule is O=P(O)(O)CCNS(=O)(=O)c1ccc(-c2ccc(N3CCCC3)cc2)cc1. The largest absolute Gasteiger partial charge is 0.372 e. The number of rotatable bonds is 7. The van der Waals surface area contributed by atoms with Crippen LogP contribution in [-0.4, -0.2) is 44.0 Å². The van der Waals surface area contributed by atoms with Gasteiger partial charge in [0, 0.05) is 25.3 Å². The first-order chi connectivity index (χ1) is 12.7. The van der Waals surface area contributed by atoms with E-state index in [1.165, 1.54) is 30.7 Å². The van der Waals surface area contributed by atoms with Crippen LogP contribution in [0.4, 0.5) is 5.69 Å². The number of nitrogens with one attached hydrogen (secondary N) is 1. The molecular formula is C18H23N2O5PS. The molecule has 0 atom stereocenters. The van der Waals surface area contributed by atoms with Gasteiger partial charge in [-0.2, -0.15) is 0 Å². The molecule has 0 aromatic heterocycles. The molecule has 2 aromatic rings. The van der Waals surface area contributed by atoms with Crippen LogP contribution in [0.5, 0.6) is 0 Å². The Morgan fingerprint density at radius 1 is 0.926 bits per heavy atom. The van der Waals surface area contributed by atoms with Crippen molar-refractivity contribution in [3.8, 4) is 11.1 Å².